The van der Waals surface area contributed by atoms with Gasteiger partial charge in [0.2, 0.25) is 0 Å². The normalized spacial score (nSPS) is 12.9. The van der Waals surface area contributed by atoms with Crippen molar-refractivity contribution >= 4 is 17.9 Å². The van der Waals surface area contributed by atoms with Crippen LogP contribution in [0.3, 0.4) is 0 Å². The minimum Gasteiger partial charge on any atom is -0.545 e. The maximum absolute atomic E-state index is 12.9. The lowest BCUT2D eigenvalue weighted by Crippen LogP contribution is -2.44. The molecule has 0 aromatic carbocycles. The first-order valence-electron chi connectivity index (χ1n) is 33.1. The van der Waals surface area contributed by atoms with Crippen LogP contribution in [0.4, 0.5) is 0 Å². The maximum Gasteiger partial charge on any atom is 0.306 e. The van der Waals surface area contributed by atoms with Crippen LogP contribution in [0.2, 0.25) is 0 Å². The quantitative estimate of drug-likeness (QED) is 0.0195. The molecule has 0 saturated heterocycles. The Bertz CT molecular complexity index is 1360. The summed E-state index contributed by atoms with van der Waals surface area (Å²) in [6.07, 6.45) is 70.7. The van der Waals surface area contributed by atoms with Crippen LogP contribution in [0.1, 0.15) is 322 Å². The van der Waals surface area contributed by atoms with Crippen molar-refractivity contribution in [2.45, 2.75) is 334 Å². The Morgan fingerprint density at radius 2 is 0.701 bits per heavy atom. The third kappa shape index (κ3) is 61.0. The molecule has 9 heteroatoms. The van der Waals surface area contributed by atoms with Gasteiger partial charge < -0.3 is 33.3 Å². The SMILES string of the molecule is CCCCCCC/C=C\C/C=C\C/C=C\CCCCCCCCCCCCCCCCCCC(=O)OC(COC(=O)CCCCCCCCCCCCCCCCCCCCCCC)COC(OCC[N+](C)(C)C)C(=O)[O-]. The van der Waals surface area contributed by atoms with Crippen molar-refractivity contribution in [2.24, 2.45) is 0 Å². The van der Waals surface area contributed by atoms with Gasteiger partial charge in [0, 0.05) is 12.8 Å². The second-order valence-electron chi connectivity index (χ2n) is 23.8. The van der Waals surface area contributed by atoms with Crippen molar-refractivity contribution in [1.82, 2.24) is 0 Å². The van der Waals surface area contributed by atoms with Crippen LogP contribution in [0.5, 0.6) is 0 Å². The van der Waals surface area contributed by atoms with Crippen molar-refractivity contribution in [2.75, 3.05) is 47.5 Å². The van der Waals surface area contributed by atoms with Gasteiger partial charge in [-0.15, -0.1) is 0 Å². The number of unbranched alkanes of at least 4 members (excludes halogenated alkanes) is 41. The molecule has 0 heterocycles. The van der Waals surface area contributed by atoms with E-state index in [1.165, 1.54) is 244 Å². The smallest absolute Gasteiger partial charge is 0.306 e. The molecule has 2 atom stereocenters. The van der Waals surface area contributed by atoms with E-state index in [4.69, 9.17) is 18.9 Å². The zero-order valence-electron chi connectivity index (χ0n) is 51.6. The number of carboxylic acid groups (broad SMARTS) is 1. The standard InChI is InChI=1S/C68H127NO8/c1-6-8-10-12-14-16-18-20-22-24-26-28-29-30-31-32-33-34-35-36-37-39-41-43-45-47-49-51-53-55-57-59-66(71)77-64(63-76-68(67(72)73)74-61-60-69(3,4)5)62-75-65(70)58-56-54-52-50-48-46-44-42-40-38-27-25-23-21-19-17-15-13-11-9-7-2/h18,20,24,26,29-30,64,68H,6-17,19,21-23,25,27-28,31-63H2,1-5H3/b20-18-,26-24-,30-29-. The maximum atomic E-state index is 12.9. The van der Waals surface area contributed by atoms with E-state index in [-0.39, 0.29) is 32.2 Å². The molecule has 0 aromatic rings. The molecule has 0 fully saturated rings. The lowest BCUT2D eigenvalue weighted by molar-refractivity contribution is -0.870. The van der Waals surface area contributed by atoms with Crippen LogP contribution in [-0.2, 0) is 33.3 Å². The first-order chi connectivity index (χ1) is 37.6. The number of carbonyl (C=O) groups excluding carboxylic acids is 3. The number of nitrogens with zero attached hydrogens (tertiary/aromatic N) is 1. The topological polar surface area (TPSA) is 111 Å². The van der Waals surface area contributed by atoms with E-state index in [0.29, 0.717) is 23.9 Å². The predicted octanol–water partition coefficient (Wildman–Crippen LogP) is 18.7. The molecule has 0 rings (SSSR count). The number of allylic oxidation sites excluding steroid dienone is 6. The number of carbonyl (C=O) groups is 3. The van der Waals surface area contributed by atoms with Crippen LogP contribution in [0.15, 0.2) is 36.5 Å². The van der Waals surface area contributed by atoms with Gasteiger partial charge in [0.25, 0.3) is 0 Å². The summed E-state index contributed by atoms with van der Waals surface area (Å²) in [6, 6.07) is 0. The van der Waals surface area contributed by atoms with E-state index < -0.39 is 24.3 Å². The summed E-state index contributed by atoms with van der Waals surface area (Å²) in [7, 11) is 5.94. The highest BCUT2D eigenvalue weighted by molar-refractivity contribution is 5.70. The average Bonchev–Trinajstić information content (AvgIpc) is 3.40. The molecule has 452 valence electrons. The number of hydrogen-bond acceptors (Lipinski definition) is 8. The van der Waals surface area contributed by atoms with Crippen LogP contribution in [-0.4, -0.2) is 82.3 Å². The van der Waals surface area contributed by atoms with E-state index >= 15 is 0 Å². The number of likely N-dealkylation sites (N-methyl/N-ethyl adjacent to an activating group) is 1. The molecule has 2 unspecified atom stereocenters. The lowest BCUT2D eigenvalue weighted by Gasteiger charge is -2.26. The van der Waals surface area contributed by atoms with Gasteiger partial charge in [-0.25, -0.2) is 0 Å². The number of hydrogen-bond donors (Lipinski definition) is 0. The number of carboxylic acids is 1. The van der Waals surface area contributed by atoms with Crippen LogP contribution >= 0.6 is 0 Å². The molecule has 0 aromatic heterocycles. The zero-order chi connectivity index (χ0) is 56.2. The average molecular weight is 1090 g/mol. The van der Waals surface area contributed by atoms with Gasteiger partial charge in [0.1, 0.15) is 13.2 Å². The van der Waals surface area contributed by atoms with E-state index in [0.717, 1.165) is 44.9 Å². The molecule has 0 N–H and O–H groups in total. The zero-order valence-corrected chi connectivity index (χ0v) is 51.6. The van der Waals surface area contributed by atoms with Crippen molar-refractivity contribution in [3.63, 3.8) is 0 Å². The molecule has 9 nitrogen and oxygen atoms in total. The molecule has 77 heavy (non-hydrogen) atoms. The monoisotopic (exact) mass is 1090 g/mol. The first-order valence-corrected chi connectivity index (χ1v) is 33.1. The van der Waals surface area contributed by atoms with Crippen molar-refractivity contribution < 1.29 is 42.9 Å². The van der Waals surface area contributed by atoms with Gasteiger partial charge in [-0.2, -0.15) is 0 Å². The Kier molecular flexibility index (Phi) is 57.7. The van der Waals surface area contributed by atoms with Crippen LogP contribution in [0.25, 0.3) is 0 Å². The summed E-state index contributed by atoms with van der Waals surface area (Å²) in [6.45, 7) is 4.80. The number of aliphatic carboxylic acids is 1. The third-order valence-corrected chi connectivity index (χ3v) is 14.9. The number of quaternary nitrogens is 1. The highest BCUT2D eigenvalue weighted by Gasteiger charge is 2.22. The van der Waals surface area contributed by atoms with Gasteiger partial charge in [-0.05, 0) is 51.4 Å². The van der Waals surface area contributed by atoms with Crippen molar-refractivity contribution in [3.05, 3.63) is 36.5 Å². The van der Waals surface area contributed by atoms with Gasteiger partial charge in [-0.1, -0.05) is 294 Å². The Morgan fingerprint density at radius 1 is 0.390 bits per heavy atom. The Hall–Kier alpha value is -2.49. The summed E-state index contributed by atoms with van der Waals surface area (Å²) in [5.74, 6) is -2.26. The van der Waals surface area contributed by atoms with Gasteiger partial charge >= 0.3 is 11.9 Å². The highest BCUT2D eigenvalue weighted by Crippen LogP contribution is 2.18. The number of esters is 2. The minimum atomic E-state index is -1.62. The molecule has 0 bridgehead atoms. The Morgan fingerprint density at radius 3 is 1.04 bits per heavy atom. The van der Waals surface area contributed by atoms with Crippen LogP contribution in [0, 0.1) is 0 Å². The number of ether oxygens (including phenoxy) is 4. The van der Waals surface area contributed by atoms with E-state index in [9.17, 15) is 19.5 Å². The van der Waals surface area contributed by atoms with E-state index in [1.54, 1.807) is 0 Å². The molecule has 0 spiro atoms. The first kappa shape index (κ1) is 74.5. The van der Waals surface area contributed by atoms with Gasteiger partial charge in [0.15, 0.2) is 12.4 Å². The van der Waals surface area contributed by atoms with Crippen molar-refractivity contribution in [1.29, 1.82) is 0 Å². The summed E-state index contributed by atoms with van der Waals surface area (Å²) in [5, 5.41) is 11.8. The predicted molar refractivity (Wildman–Crippen MR) is 325 cm³/mol. The molecule has 0 aliphatic rings. The highest BCUT2D eigenvalue weighted by atomic mass is 16.7. The fourth-order valence-corrected chi connectivity index (χ4v) is 9.78. The summed E-state index contributed by atoms with van der Waals surface area (Å²) in [5.41, 5.74) is 0. The molecule has 0 radical (unpaired) electrons. The minimum absolute atomic E-state index is 0.150. The summed E-state index contributed by atoms with van der Waals surface area (Å²) in [4.78, 5) is 37.4. The molecule has 0 saturated carbocycles. The second kappa shape index (κ2) is 59.6. The fourth-order valence-electron chi connectivity index (χ4n) is 9.78. The summed E-state index contributed by atoms with van der Waals surface area (Å²) < 4.78 is 22.8. The van der Waals surface area contributed by atoms with E-state index in [2.05, 4.69) is 50.3 Å². The Balaban J connectivity index is 4.10. The van der Waals surface area contributed by atoms with Crippen molar-refractivity contribution in [3.8, 4) is 0 Å². The lowest BCUT2D eigenvalue weighted by atomic mass is 10.0. The Labute approximate surface area is 477 Å². The molecule has 0 aliphatic heterocycles. The molecular weight excluding hydrogens is 959 g/mol. The number of rotatable bonds is 62. The molecule has 0 aliphatic carbocycles. The van der Waals surface area contributed by atoms with Gasteiger partial charge in [0.05, 0.1) is 40.3 Å². The third-order valence-electron chi connectivity index (χ3n) is 14.9. The largest absolute Gasteiger partial charge is 0.545 e. The fraction of sp³-hybridized carbons (Fsp3) is 0.868. The summed E-state index contributed by atoms with van der Waals surface area (Å²) >= 11 is 0. The molecule has 0 amide bonds. The van der Waals surface area contributed by atoms with Gasteiger partial charge in [-0.3, -0.25) is 9.59 Å². The van der Waals surface area contributed by atoms with E-state index in [1.807, 2.05) is 21.1 Å². The second-order valence-corrected chi connectivity index (χ2v) is 23.8. The van der Waals surface area contributed by atoms with Crippen LogP contribution < -0.4 is 5.11 Å². The molecular formula is C68H127NO8.